The van der Waals surface area contributed by atoms with Crippen LogP contribution in [0.2, 0.25) is 0 Å². The van der Waals surface area contributed by atoms with E-state index in [0.29, 0.717) is 0 Å². The molecule has 0 aromatic rings. The first-order chi connectivity index (χ1) is 3.41. The molecule has 0 unspecified atom stereocenters. The van der Waals surface area contributed by atoms with Crippen molar-refractivity contribution >= 4 is 0 Å². The van der Waals surface area contributed by atoms with Gasteiger partial charge in [0.05, 0.1) is 6.54 Å². The summed E-state index contributed by atoms with van der Waals surface area (Å²) in [5.41, 5.74) is 0. The highest BCUT2D eigenvalue weighted by molar-refractivity contribution is 4.97. The smallest absolute Gasteiger partial charge is 0.0995 e. The summed E-state index contributed by atoms with van der Waals surface area (Å²) in [7, 11) is 0. The molecule has 7 heavy (non-hydrogen) atoms. The molecule has 0 heterocycles. The number of nitroso groups, excluding NO2 is 1. The van der Waals surface area contributed by atoms with E-state index in [1.807, 2.05) is 0 Å². The Morgan fingerprint density at radius 3 is 2.86 bits per heavy atom. The molecule has 0 saturated carbocycles. The summed E-state index contributed by atoms with van der Waals surface area (Å²) in [6, 6.07) is 0. The van der Waals surface area contributed by atoms with Crippen LogP contribution < -0.4 is 0 Å². The van der Waals surface area contributed by atoms with Crippen LogP contribution in [-0.4, -0.2) is 6.54 Å². The lowest BCUT2D eigenvalue weighted by atomic mass is 10.5. The number of hydrogen-bond acceptors (Lipinski definition) is 2. The van der Waals surface area contributed by atoms with E-state index in [-0.39, 0.29) is 6.54 Å². The van der Waals surface area contributed by atoms with E-state index in [2.05, 4.69) is 11.8 Å². The number of rotatable bonds is 3. The molecular formula is C5H7NO. The van der Waals surface area contributed by atoms with Crippen molar-refractivity contribution in [2.75, 3.05) is 6.54 Å². The average Bonchev–Trinajstić information content (AvgIpc) is 1.69. The van der Waals surface area contributed by atoms with Crippen molar-refractivity contribution in [2.45, 2.75) is 0 Å². The van der Waals surface area contributed by atoms with Crippen LogP contribution in [0.15, 0.2) is 30.0 Å². The molecule has 0 aliphatic carbocycles. The van der Waals surface area contributed by atoms with Crippen LogP contribution in [0.1, 0.15) is 0 Å². The van der Waals surface area contributed by atoms with Gasteiger partial charge in [-0.05, 0) is 0 Å². The summed E-state index contributed by atoms with van der Waals surface area (Å²) in [6.07, 6.45) is 4.92. The van der Waals surface area contributed by atoms with Gasteiger partial charge in [-0.1, -0.05) is 30.0 Å². The van der Waals surface area contributed by atoms with Crippen LogP contribution in [-0.2, 0) is 0 Å². The zero-order valence-electron chi connectivity index (χ0n) is 4.00. The van der Waals surface area contributed by atoms with Crippen LogP contribution in [0.5, 0.6) is 0 Å². The number of nitrogens with zero attached hydrogens (tertiary/aromatic N) is 1. The van der Waals surface area contributed by atoms with Gasteiger partial charge in [-0.25, -0.2) is 0 Å². The van der Waals surface area contributed by atoms with Crippen molar-refractivity contribution in [3.63, 3.8) is 0 Å². The molecule has 0 aliphatic heterocycles. The molecule has 0 radical (unpaired) electrons. The summed E-state index contributed by atoms with van der Waals surface area (Å²) in [4.78, 5) is 9.34. The van der Waals surface area contributed by atoms with E-state index < -0.39 is 0 Å². The van der Waals surface area contributed by atoms with Gasteiger partial charge in [0, 0.05) is 0 Å². The highest BCUT2D eigenvalue weighted by atomic mass is 16.3. The molecule has 0 amide bonds. The Morgan fingerprint density at radius 1 is 1.71 bits per heavy atom. The van der Waals surface area contributed by atoms with E-state index >= 15 is 0 Å². The fourth-order valence-electron chi connectivity index (χ4n) is 0.200. The molecule has 2 heteroatoms. The van der Waals surface area contributed by atoms with Gasteiger partial charge in [-0.2, -0.15) is 4.91 Å². The Hall–Kier alpha value is -0.920. The fourth-order valence-corrected chi connectivity index (χ4v) is 0.200. The van der Waals surface area contributed by atoms with Crippen LogP contribution in [0, 0.1) is 4.91 Å². The van der Waals surface area contributed by atoms with E-state index in [4.69, 9.17) is 0 Å². The van der Waals surface area contributed by atoms with E-state index in [9.17, 15) is 4.91 Å². The lowest BCUT2D eigenvalue weighted by Gasteiger charge is -1.67. The largest absolute Gasteiger partial charge is 0.150 e. The lowest BCUT2D eigenvalue weighted by molar-refractivity contribution is 1.23. The van der Waals surface area contributed by atoms with E-state index in [0.717, 1.165) is 0 Å². The second kappa shape index (κ2) is 5.08. The standard InChI is InChI=1S/C5H7NO/c1-2-3-4-5-6-7/h2-4H,1,5H2/b4-3-. The highest BCUT2D eigenvalue weighted by Crippen LogP contribution is 1.72. The van der Waals surface area contributed by atoms with Crippen molar-refractivity contribution in [1.29, 1.82) is 0 Å². The topological polar surface area (TPSA) is 29.4 Å². The van der Waals surface area contributed by atoms with Crippen molar-refractivity contribution in [3.8, 4) is 0 Å². The van der Waals surface area contributed by atoms with Gasteiger partial charge in [-0.3, -0.25) is 0 Å². The summed E-state index contributed by atoms with van der Waals surface area (Å²) >= 11 is 0. The van der Waals surface area contributed by atoms with Gasteiger partial charge in [0.25, 0.3) is 0 Å². The Labute approximate surface area is 42.5 Å². The first-order valence-corrected chi connectivity index (χ1v) is 1.98. The van der Waals surface area contributed by atoms with Crippen molar-refractivity contribution < 1.29 is 0 Å². The van der Waals surface area contributed by atoms with Gasteiger partial charge in [0.1, 0.15) is 0 Å². The third-order valence-electron chi connectivity index (χ3n) is 0.452. The van der Waals surface area contributed by atoms with Gasteiger partial charge < -0.3 is 0 Å². The second-order valence-electron chi connectivity index (χ2n) is 0.976. The summed E-state index contributed by atoms with van der Waals surface area (Å²) in [6.45, 7) is 3.64. The Balaban J connectivity index is 3.08. The molecule has 0 fully saturated rings. The Morgan fingerprint density at radius 2 is 2.43 bits per heavy atom. The molecule has 0 atom stereocenters. The maximum Gasteiger partial charge on any atom is 0.0995 e. The number of hydrogen-bond donors (Lipinski definition) is 0. The number of allylic oxidation sites excluding steroid dienone is 2. The SMILES string of the molecule is C=C/C=C\CN=O. The first kappa shape index (κ1) is 6.08. The average molecular weight is 97.1 g/mol. The molecule has 0 bridgehead atoms. The minimum absolute atomic E-state index is 0.242. The summed E-state index contributed by atoms with van der Waals surface area (Å²) in [5.74, 6) is 0. The molecule has 0 rings (SSSR count). The molecule has 0 N–H and O–H groups in total. The van der Waals surface area contributed by atoms with Gasteiger partial charge in [0.2, 0.25) is 0 Å². The Bertz CT molecular complexity index is 86.1. The molecule has 0 aromatic carbocycles. The predicted octanol–water partition coefficient (Wildman–Crippen LogP) is 1.49. The first-order valence-electron chi connectivity index (χ1n) is 1.98. The molecule has 38 valence electrons. The van der Waals surface area contributed by atoms with Crippen molar-refractivity contribution in [1.82, 2.24) is 0 Å². The van der Waals surface area contributed by atoms with Crippen LogP contribution >= 0.6 is 0 Å². The third-order valence-corrected chi connectivity index (χ3v) is 0.452. The van der Waals surface area contributed by atoms with Gasteiger partial charge >= 0.3 is 0 Å². The minimum atomic E-state index is 0.242. The quantitative estimate of drug-likeness (QED) is 0.387. The summed E-state index contributed by atoms with van der Waals surface area (Å²) in [5, 5.41) is 2.59. The molecule has 2 nitrogen and oxygen atoms in total. The molecule has 0 aliphatic rings. The predicted molar refractivity (Wildman–Crippen MR) is 30.0 cm³/mol. The van der Waals surface area contributed by atoms with Gasteiger partial charge in [-0.15, -0.1) is 0 Å². The van der Waals surface area contributed by atoms with Gasteiger partial charge in [0.15, 0.2) is 0 Å². The maximum absolute atomic E-state index is 9.34. The maximum atomic E-state index is 9.34. The zero-order valence-corrected chi connectivity index (χ0v) is 4.00. The highest BCUT2D eigenvalue weighted by Gasteiger charge is 1.64. The minimum Gasteiger partial charge on any atom is -0.150 e. The van der Waals surface area contributed by atoms with Crippen molar-refractivity contribution in [2.24, 2.45) is 5.18 Å². The molecule has 0 spiro atoms. The normalized spacial score (nSPS) is 9.14. The van der Waals surface area contributed by atoms with E-state index in [1.165, 1.54) is 0 Å². The molecule has 0 saturated heterocycles. The van der Waals surface area contributed by atoms with Crippen LogP contribution in [0.3, 0.4) is 0 Å². The Kier molecular flexibility index (Phi) is 4.41. The van der Waals surface area contributed by atoms with Crippen molar-refractivity contribution in [3.05, 3.63) is 29.7 Å². The van der Waals surface area contributed by atoms with Crippen LogP contribution in [0.25, 0.3) is 0 Å². The monoisotopic (exact) mass is 97.1 g/mol. The lowest BCUT2D eigenvalue weighted by Crippen LogP contribution is -1.62. The van der Waals surface area contributed by atoms with Crippen LogP contribution in [0.4, 0.5) is 0 Å². The molecule has 0 aromatic heterocycles. The van der Waals surface area contributed by atoms with E-state index in [1.54, 1.807) is 18.2 Å². The zero-order chi connectivity index (χ0) is 5.54. The summed E-state index contributed by atoms with van der Waals surface area (Å²) < 4.78 is 0. The molecular weight excluding hydrogens is 90.1 g/mol. The second-order valence-corrected chi connectivity index (χ2v) is 0.976. The fraction of sp³-hybridized carbons (Fsp3) is 0.200. The third kappa shape index (κ3) is 5.08.